The molecule has 7 heteroatoms. The Morgan fingerprint density at radius 3 is 2.29 bits per heavy atom. The van der Waals surface area contributed by atoms with Crippen molar-refractivity contribution in [2.75, 3.05) is 7.11 Å². The SMILES string of the molecule is CCC(C)c1cn2cc(C)nc2c(OC)n1.Cc1cn2nc(C)cc(C)c2n1. The number of fused-ring (bicyclic) bond motifs is 2. The van der Waals surface area contributed by atoms with Crippen molar-refractivity contribution in [2.24, 2.45) is 0 Å². The van der Waals surface area contributed by atoms with Crippen LogP contribution in [-0.2, 0) is 0 Å². The lowest BCUT2D eigenvalue weighted by Crippen LogP contribution is -2.02. The van der Waals surface area contributed by atoms with Crippen molar-refractivity contribution in [3.05, 3.63) is 53.0 Å². The van der Waals surface area contributed by atoms with Gasteiger partial charge in [-0.15, -0.1) is 0 Å². The molecule has 0 spiro atoms. The highest BCUT2D eigenvalue weighted by molar-refractivity contribution is 5.51. The molecule has 0 aliphatic rings. The van der Waals surface area contributed by atoms with Crippen molar-refractivity contribution >= 4 is 11.3 Å². The molecule has 0 aliphatic heterocycles. The van der Waals surface area contributed by atoms with E-state index in [4.69, 9.17) is 4.74 Å². The summed E-state index contributed by atoms with van der Waals surface area (Å²) in [5.74, 6) is 1.03. The zero-order valence-electron chi connectivity index (χ0n) is 17.7. The predicted octanol–water partition coefficient (Wildman–Crippen LogP) is 4.21. The summed E-state index contributed by atoms with van der Waals surface area (Å²) in [6.07, 6.45) is 7.03. The highest BCUT2D eigenvalue weighted by Gasteiger charge is 2.12. The molecule has 4 aromatic heterocycles. The number of hydrogen-bond acceptors (Lipinski definition) is 5. The number of aromatic nitrogens is 6. The molecular formula is C21H28N6O. The van der Waals surface area contributed by atoms with Crippen LogP contribution >= 0.6 is 0 Å². The summed E-state index contributed by atoms with van der Waals surface area (Å²) in [6.45, 7) is 12.3. The van der Waals surface area contributed by atoms with E-state index in [-0.39, 0.29) is 0 Å². The first-order valence-corrected chi connectivity index (χ1v) is 9.52. The summed E-state index contributed by atoms with van der Waals surface area (Å²) in [5, 5.41) is 4.31. The molecule has 0 radical (unpaired) electrons. The van der Waals surface area contributed by atoms with Crippen molar-refractivity contribution in [1.29, 1.82) is 0 Å². The van der Waals surface area contributed by atoms with Crippen LogP contribution in [-0.4, -0.2) is 36.1 Å². The Kier molecular flexibility index (Phi) is 5.63. The van der Waals surface area contributed by atoms with E-state index in [1.807, 2.05) is 54.3 Å². The second kappa shape index (κ2) is 7.96. The minimum Gasteiger partial charge on any atom is -0.478 e. The van der Waals surface area contributed by atoms with Crippen LogP contribution in [0.2, 0.25) is 0 Å². The molecule has 28 heavy (non-hydrogen) atoms. The highest BCUT2D eigenvalue weighted by Crippen LogP contribution is 2.23. The van der Waals surface area contributed by atoms with Gasteiger partial charge in [0.05, 0.1) is 36.1 Å². The van der Waals surface area contributed by atoms with Gasteiger partial charge >= 0.3 is 0 Å². The molecule has 1 unspecified atom stereocenters. The zero-order chi connectivity index (χ0) is 20.4. The van der Waals surface area contributed by atoms with E-state index in [1.54, 1.807) is 7.11 Å². The van der Waals surface area contributed by atoms with E-state index in [2.05, 4.69) is 40.8 Å². The van der Waals surface area contributed by atoms with Crippen LogP contribution in [0.5, 0.6) is 5.88 Å². The van der Waals surface area contributed by atoms with Crippen molar-refractivity contribution < 1.29 is 4.74 Å². The molecule has 0 aromatic carbocycles. The van der Waals surface area contributed by atoms with Crippen LogP contribution in [0, 0.1) is 27.7 Å². The molecule has 148 valence electrons. The van der Waals surface area contributed by atoms with Gasteiger partial charge in [0, 0.05) is 12.4 Å². The fourth-order valence-corrected chi connectivity index (χ4v) is 3.10. The molecule has 0 saturated heterocycles. The number of hydrogen-bond donors (Lipinski definition) is 0. The van der Waals surface area contributed by atoms with Gasteiger partial charge in [-0.2, -0.15) is 5.10 Å². The molecule has 4 heterocycles. The number of imidazole rings is 2. The van der Waals surface area contributed by atoms with Crippen LogP contribution in [0.3, 0.4) is 0 Å². The maximum atomic E-state index is 5.28. The first-order chi connectivity index (χ1) is 13.3. The molecule has 0 bridgehead atoms. The van der Waals surface area contributed by atoms with Crippen LogP contribution in [0.4, 0.5) is 0 Å². The third-order valence-corrected chi connectivity index (χ3v) is 4.71. The Hall–Kier alpha value is -2.96. The normalized spacial score (nSPS) is 12.1. The summed E-state index contributed by atoms with van der Waals surface area (Å²) in [7, 11) is 1.63. The molecule has 7 nitrogen and oxygen atoms in total. The average molecular weight is 380 g/mol. The molecule has 0 saturated carbocycles. The number of rotatable bonds is 3. The van der Waals surface area contributed by atoms with Crippen LogP contribution in [0.15, 0.2) is 24.7 Å². The lowest BCUT2D eigenvalue weighted by molar-refractivity contribution is 0.397. The van der Waals surface area contributed by atoms with Crippen molar-refractivity contribution in [3.63, 3.8) is 0 Å². The number of nitrogens with zero attached hydrogens (tertiary/aromatic N) is 6. The lowest BCUT2D eigenvalue weighted by Gasteiger charge is -2.10. The summed E-state index contributed by atoms with van der Waals surface area (Å²) < 4.78 is 9.10. The summed E-state index contributed by atoms with van der Waals surface area (Å²) in [6, 6.07) is 2.04. The van der Waals surface area contributed by atoms with E-state index in [0.29, 0.717) is 11.8 Å². The van der Waals surface area contributed by atoms with E-state index in [9.17, 15) is 0 Å². The van der Waals surface area contributed by atoms with Gasteiger partial charge < -0.3 is 9.14 Å². The summed E-state index contributed by atoms with van der Waals surface area (Å²) in [5.41, 5.74) is 6.97. The Balaban J connectivity index is 0.000000167. The number of ether oxygens (including phenoxy) is 1. The van der Waals surface area contributed by atoms with Gasteiger partial charge in [-0.3, -0.25) is 0 Å². The molecular weight excluding hydrogens is 352 g/mol. The largest absolute Gasteiger partial charge is 0.478 e. The van der Waals surface area contributed by atoms with Gasteiger partial charge in [0.2, 0.25) is 5.65 Å². The predicted molar refractivity (Wildman–Crippen MR) is 110 cm³/mol. The third kappa shape index (κ3) is 3.98. The first-order valence-electron chi connectivity index (χ1n) is 9.52. The Labute approximate surface area is 165 Å². The van der Waals surface area contributed by atoms with Gasteiger partial charge in [-0.1, -0.05) is 13.8 Å². The fraction of sp³-hybridized carbons (Fsp3) is 0.429. The van der Waals surface area contributed by atoms with E-state index in [0.717, 1.165) is 40.5 Å². The minimum atomic E-state index is 0.431. The maximum absolute atomic E-state index is 5.28. The third-order valence-electron chi connectivity index (χ3n) is 4.71. The molecule has 4 aromatic rings. The smallest absolute Gasteiger partial charge is 0.258 e. The van der Waals surface area contributed by atoms with E-state index < -0.39 is 0 Å². The quantitative estimate of drug-likeness (QED) is 0.532. The summed E-state index contributed by atoms with van der Waals surface area (Å²) >= 11 is 0. The van der Waals surface area contributed by atoms with Crippen molar-refractivity contribution in [1.82, 2.24) is 29.0 Å². The van der Waals surface area contributed by atoms with E-state index >= 15 is 0 Å². The molecule has 0 aliphatic carbocycles. The fourth-order valence-electron chi connectivity index (χ4n) is 3.10. The lowest BCUT2D eigenvalue weighted by atomic mass is 10.1. The summed E-state index contributed by atoms with van der Waals surface area (Å²) in [4.78, 5) is 13.2. The second-order valence-corrected chi connectivity index (χ2v) is 7.22. The van der Waals surface area contributed by atoms with Gasteiger partial charge in [0.1, 0.15) is 0 Å². The molecule has 0 amide bonds. The minimum absolute atomic E-state index is 0.431. The molecule has 1 atom stereocenters. The van der Waals surface area contributed by atoms with Gasteiger partial charge in [-0.25, -0.2) is 19.5 Å². The van der Waals surface area contributed by atoms with Crippen LogP contribution in [0.25, 0.3) is 11.3 Å². The molecule has 4 rings (SSSR count). The number of aryl methyl sites for hydroxylation is 4. The first kappa shape index (κ1) is 19.8. The highest BCUT2D eigenvalue weighted by atomic mass is 16.5. The Morgan fingerprint density at radius 1 is 0.929 bits per heavy atom. The van der Waals surface area contributed by atoms with Gasteiger partial charge in [0.25, 0.3) is 5.88 Å². The molecule has 0 N–H and O–H groups in total. The van der Waals surface area contributed by atoms with Crippen LogP contribution < -0.4 is 4.74 Å². The second-order valence-electron chi connectivity index (χ2n) is 7.22. The monoisotopic (exact) mass is 380 g/mol. The topological polar surface area (TPSA) is 69.6 Å². The van der Waals surface area contributed by atoms with Crippen molar-refractivity contribution in [2.45, 2.75) is 53.9 Å². The number of methoxy groups -OCH3 is 1. The van der Waals surface area contributed by atoms with Gasteiger partial charge in [-0.05, 0) is 51.7 Å². The van der Waals surface area contributed by atoms with Gasteiger partial charge in [0.15, 0.2) is 5.65 Å². The average Bonchev–Trinajstić information content (AvgIpc) is 3.21. The maximum Gasteiger partial charge on any atom is 0.258 e. The zero-order valence-corrected chi connectivity index (χ0v) is 17.7. The molecule has 0 fully saturated rings. The van der Waals surface area contributed by atoms with Crippen LogP contribution in [0.1, 0.15) is 54.5 Å². The van der Waals surface area contributed by atoms with E-state index in [1.165, 1.54) is 5.56 Å². The Bertz CT molecular complexity index is 1110. The standard InChI is InChI=1S/C12H17N3O.C9H11N3/c1-5-8(2)10-7-15-6-9(3)13-11(15)12(14-10)16-4;1-6-4-7(2)11-12-5-8(3)10-9(6)12/h6-8H,5H2,1-4H3;4-5H,1-3H3. The Morgan fingerprint density at radius 2 is 1.61 bits per heavy atom. The van der Waals surface area contributed by atoms with Crippen molar-refractivity contribution in [3.8, 4) is 5.88 Å².